The number of aliphatic imine (C=N–C) groups is 1. The van der Waals surface area contributed by atoms with E-state index in [4.69, 9.17) is 4.74 Å². The van der Waals surface area contributed by atoms with Crippen molar-refractivity contribution in [3.05, 3.63) is 83.4 Å². The highest BCUT2D eigenvalue weighted by Gasteiger charge is 2.39. The van der Waals surface area contributed by atoms with Crippen molar-refractivity contribution in [2.24, 2.45) is 10.9 Å². The summed E-state index contributed by atoms with van der Waals surface area (Å²) in [4.78, 5) is 20.1. The van der Waals surface area contributed by atoms with Crippen LogP contribution < -0.4 is 14.5 Å². The van der Waals surface area contributed by atoms with Crippen LogP contribution in [0.25, 0.3) is 0 Å². The SMILES string of the molecule is COc1cc(N2CCC(C3=Nc4c(F)cccc4C(CC(=O)O)N3c3cccc(C(F)(F)F)c3)CC2)ccc1F. The lowest BCUT2D eigenvalue weighted by molar-refractivity contribution is -0.138. The number of nitrogens with zero attached hydrogens (tertiary/aromatic N) is 3. The number of hydrogen-bond acceptors (Lipinski definition) is 5. The lowest BCUT2D eigenvalue weighted by Crippen LogP contribution is -2.46. The number of carbonyl (C=O) groups is 1. The summed E-state index contributed by atoms with van der Waals surface area (Å²) in [7, 11) is 1.38. The molecule has 1 N–H and O–H groups in total. The Labute approximate surface area is 227 Å². The molecule has 0 saturated carbocycles. The van der Waals surface area contributed by atoms with Crippen molar-refractivity contribution in [2.75, 3.05) is 30.0 Å². The summed E-state index contributed by atoms with van der Waals surface area (Å²) in [5.41, 5.74) is 0.276. The number of carboxylic acids is 1. The van der Waals surface area contributed by atoms with E-state index in [-0.39, 0.29) is 23.0 Å². The minimum atomic E-state index is -4.61. The molecular weight excluding hydrogens is 533 g/mol. The topological polar surface area (TPSA) is 65.4 Å². The fourth-order valence-electron chi connectivity index (χ4n) is 5.43. The highest BCUT2D eigenvalue weighted by molar-refractivity contribution is 6.04. The molecule has 11 heteroatoms. The zero-order valence-electron chi connectivity index (χ0n) is 21.5. The van der Waals surface area contributed by atoms with E-state index in [2.05, 4.69) is 4.99 Å². The molecule has 0 aliphatic carbocycles. The fraction of sp³-hybridized carbons (Fsp3) is 0.310. The summed E-state index contributed by atoms with van der Waals surface area (Å²) < 4.78 is 74.9. The highest BCUT2D eigenvalue weighted by atomic mass is 19.4. The van der Waals surface area contributed by atoms with E-state index in [1.54, 1.807) is 18.2 Å². The average Bonchev–Trinajstić information content (AvgIpc) is 2.93. The number of rotatable bonds is 6. The lowest BCUT2D eigenvalue weighted by Gasteiger charge is -2.43. The van der Waals surface area contributed by atoms with E-state index in [9.17, 15) is 31.9 Å². The summed E-state index contributed by atoms with van der Waals surface area (Å²) in [5.74, 6) is -2.18. The minimum absolute atomic E-state index is 0.00215. The molecule has 2 heterocycles. The number of aliphatic carboxylic acids is 1. The second-order valence-corrected chi connectivity index (χ2v) is 9.76. The molecule has 1 fully saturated rings. The van der Waals surface area contributed by atoms with Crippen molar-refractivity contribution in [3.63, 3.8) is 0 Å². The molecule has 0 amide bonds. The number of para-hydroxylation sites is 1. The third kappa shape index (κ3) is 5.32. The predicted molar refractivity (Wildman–Crippen MR) is 140 cm³/mol. The normalized spacial score (nSPS) is 17.9. The van der Waals surface area contributed by atoms with Gasteiger partial charge < -0.3 is 19.6 Å². The molecular formula is C29H26F5N3O3. The van der Waals surface area contributed by atoms with Crippen LogP contribution in [0.1, 0.15) is 36.4 Å². The Kier molecular flexibility index (Phi) is 7.39. The molecule has 1 saturated heterocycles. The van der Waals surface area contributed by atoms with Gasteiger partial charge in [-0.1, -0.05) is 18.2 Å². The molecule has 3 aromatic rings. The zero-order chi connectivity index (χ0) is 28.6. The van der Waals surface area contributed by atoms with Crippen LogP contribution in [0.15, 0.2) is 65.7 Å². The summed E-state index contributed by atoms with van der Waals surface area (Å²) in [6.07, 6.45) is -4.09. The Morgan fingerprint density at radius 2 is 1.73 bits per heavy atom. The summed E-state index contributed by atoms with van der Waals surface area (Å²) in [6, 6.07) is 12.4. The van der Waals surface area contributed by atoms with Crippen LogP contribution in [0, 0.1) is 17.6 Å². The molecule has 1 unspecified atom stereocenters. The smallest absolute Gasteiger partial charge is 0.416 e. The molecule has 210 valence electrons. The van der Waals surface area contributed by atoms with Gasteiger partial charge in [-0.05, 0) is 49.2 Å². The van der Waals surface area contributed by atoms with E-state index in [1.165, 1.54) is 42.3 Å². The molecule has 2 aliphatic rings. The quantitative estimate of drug-likeness (QED) is 0.331. The van der Waals surface area contributed by atoms with Crippen molar-refractivity contribution < 1.29 is 36.6 Å². The van der Waals surface area contributed by atoms with Crippen molar-refractivity contribution in [2.45, 2.75) is 31.5 Å². The number of benzene rings is 3. The van der Waals surface area contributed by atoms with Crippen LogP contribution in [0.3, 0.4) is 0 Å². The second kappa shape index (κ2) is 10.8. The molecule has 0 spiro atoms. The Balaban J connectivity index is 1.54. The Bertz CT molecular complexity index is 1450. The first-order valence-corrected chi connectivity index (χ1v) is 12.7. The van der Waals surface area contributed by atoms with Crippen molar-refractivity contribution >= 4 is 28.9 Å². The lowest BCUT2D eigenvalue weighted by atomic mass is 9.89. The van der Waals surface area contributed by atoms with Gasteiger partial charge in [0.2, 0.25) is 0 Å². The maximum Gasteiger partial charge on any atom is 0.416 e. The van der Waals surface area contributed by atoms with Gasteiger partial charge in [0.05, 0.1) is 25.1 Å². The van der Waals surface area contributed by atoms with Gasteiger partial charge in [-0.15, -0.1) is 0 Å². The van der Waals surface area contributed by atoms with Crippen LogP contribution >= 0.6 is 0 Å². The van der Waals surface area contributed by atoms with Gasteiger partial charge in [-0.3, -0.25) is 4.79 Å². The highest BCUT2D eigenvalue weighted by Crippen LogP contribution is 2.44. The third-order valence-corrected chi connectivity index (χ3v) is 7.34. The van der Waals surface area contributed by atoms with E-state index < -0.39 is 41.8 Å². The van der Waals surface area contributed by atoms with Crippen LogP contribution in [-0.2, 0) is 11.0 Å². The number of alkyl halides is 3. The van der Waals surface area contributed by atoms with E-state index in [0.29, 0.717) is 37.3 Å². The Morgan fingerprint density at radius 1 is 1.00 bits per heavy atom. The van der Waals surface area contributed by atoms with Gasteiger partial charge in [0, 0.05) is 42.0 Å². The number of fused-ring (bicyclic) bond motifs is 1. The minimum Gasteiger partial charge on any atom is -0.494 e. The number of anilines is 2. The molecule has 1 atom stereocenters. The molecule has 6 nitrogen and oxygen atoms in total. The van der Waals surface area contributed by atoms with E-state index in [1.807, 2.05) is 4.90 Å². The van der Waals surface area contributed by atoms with Gasteiger partial charge in [0.25, 0.3) is 0 Å². The zero-order valence-corrected chi connectivity index (χ0v) is 21.5. The Hall–Kier alpha value is -4.15. The van der Waals surface area contributed by atoms with Crippen LogP contribution in [0.5, 0.6) is 5.75 Å². The molecule has 2 aliphatic heterocycles. The van der Waals surface area contributed by atoms with Crippen molar-refractivity contribution in [3.8, 4) is 5.75 Å². The standard InChI is InChI=1S/C29H26F5N3O3/c1-40-25-15-19(8-9-22(25)30)36-12-10-17(11-13-36)28-35-27-21(6-3-7-23(27)31)24(16-26(38)39)37(28)20-5-2-4-18(14-20)29(32,33)34/h2-9,14-15,17,24H,10-13,16H2,1H3,(H,38,39). The maximum absolute atomic E-state index is 15.0. The maximum atomic E-state index is 15.0. The van der Waals surface area contributed by atoms with E-state index >= 15 is 0 Å². The van der Waals surface area contributed by atoms with Gasteiger partial charge >= 0.3 is 12.1 Å². The number of piperidine rings is 1. The average molecular weight is 560 g/mol. The fourth-order valence-corrected chi connectivity index (χ4v) is 5.43. The van der Waals surface area contributed by atoms with Gasteiger partial charge in [0.1, 0.15) is 17.3 Å². The predicted octanol–water partition coefficient (Wildman–Crippen LogP) is 6.97. The molecule has 3 aromatic carbocycles. The van der Waals surface area contributed by atoms with Crippen LogP contribution in [0.2, 0.25) is 0 Å². The number of carboxylic acid groups (broad SMARTS) is 1. The van der Waals surface area contributed by atoms with Crippen LogP contribution in [0.4, 0.5) is 39.0 Å². The first-order chi connectivity index (χ1) is 19.1. The van der Waals surface area contributed by atoms with Crippen LogP contribution in [-0.4, -0.2) is 37.1 Å². The first kappa shape index (κ1) is 27.4. The second-order valence-electron chi connectivity index (χ2n) is 9.76. The molecule has 5 rings (SSSR count). The number of halogens is 5. The third-order valence-electron chi connectivity index (χ3n) is 7.34. The van der Waals surface area contributed by atoms with Gasteiger partial charge in [-0.2, -0.15) is 13.2 Å². The number of hydrogen-bond donors (Lipinski definition) is 1. The molecule has 0 aromatic heterocycles. The number of methoxy groups -OCH3 is 1. The molecule has 40 heavy (non-hydrogen) atoms. The number of amidine groups is 1. The molecule has 0 radical (unpaired) electrons. The summed E-state index contributed by atoms with van der Waals surface area (Å²) >= 11 is 0. The van der Waals surface area contributed by atoms with Gasteiger partial charge in [0.15, 0.2) is 11.6 Å². The van der Waals surface area contributed by atoms with Crippen molar-refractivity contribution in [1.82, 2.24) is 0 Å². The summed E-state index contributed by atoms with van der Waals surface area (Å²) in [5, 5.41) is 9.74. The first-order valence-electron chi connectivity index (χ1n) is 12.7. The summed E-state index contributed by atoms with van der Waals surface area (Å²) in [6.45, 7) is 1.01. The Morgan fingerprint density at radius 3 is 2.40 bits per heavy atom. The van der Waals surface area contributed by atoms with Gasteiger partial charge in [-0.25, -0.2) is 13.8 Å². The largest absolute Gasteiger partial charge is 0.494 e. The number of ether oxygens (including phenoxy) is 1. The van der Waals surface area contributed by atoms with Crippen molar-refractivity contribution in [1.29, 1.82) is 0 Å². The van der Waals surface area contributed by atoms with E-state index in [0.717, 1.165) is 17.8 Å². The molecule has 0 bridgehead atoms. The monoisotopic (exact) mass is 559 g/mol.